The smallest absolute Gasteiger partial charge is 0.263 e. The van der Waals surface area contributed by atoms with Gasteiger partial charge in [0.2, 0.25) is 5.91 Å². The van der Waals surface area contributed by atoms with Gasteiger partial charge < -0.3 is 10.2 Å². The van der Waals surface area contributed by atoms with E-state index < -0.39 is 0 Å². The SMILES string of the molecule is [C-]#[N+]/C(C#N)=C/c1sc(N=Nc2ccc(N(CCCC)c3ccccc3)cc2NC(=O)CCCCCC)c(C#N)c1Cl. The highest BCUT2D eigenvalue weighted by Crippen LogP contribution is 2.42. The summed E-state index contributed by atoms with van der Waals surface area (Å²) in [7, 11) is 0. The molecular weight excluding hydrogens is 566 g/mol. The molecule has 1 amide bonds. The molecule has 1 aromatic heterocycles. The van der Waals surface area contributed by atoms with Crippen LogP contribution < -0.4 is 10.2 Å². The summed E-state index contributed by atoms with van der Waals surface area (Å²) in [6.07, 6.45) is 7.71. The maximum absolute atomic E-state index is 12.9. The van der Waals surface area contributed by atoms with Gasteiger partial charge in [-0.2, -0.15) is 5.26 Å². The van der Waals surface area contributed by atoms with E-state index in [1.807, 2.05) is 36.4 Å². The first kappa shape index (κ1) is 32.0. The fraction of sp³-hybridized carbons (Fsp3) is 0.312. The van der Waals surface area contributed by atoms with Crippen LogP contribution in [0.5, 0.6) is 0 Å². The number of hydrogen-bond donors (Lipinski definition) is 1. The van der Waals surface area contributed by atoms with E-state index in [2.05, 4.69) is 51.3 Å². The Hall–Kier alpha value is -4.49. The Morgan fingerprint density at radius 1 is 1.07 bits per heavy atom. The molecule has 3 aromatic rings. The van der Waals surface area contributed by atoms with Crippen LogP contribution in [0.25, 0.3) is 10.9 Å². The fourth-order valence-corrected chi connectivity index (χ4v) is 5.39. The number of carbonyl (C=O) groups is 1. The summed E-state index contributed by atoms with van der Waals surface area (Å²) >= 11 is 7.42. The van der Waals surface area contributed by atoms with Crippen LogP contribution >= 0.6 is 22.9 Å². The van der Waals surface area contributed by atoms with Gasteiger partial charge in [0.25, 0.3) is 5.70 Å². The van der Waals surface area contributed by atoms with Crippen LogP contribution in [-0.4, -0.2) is 12.5 Å². The second-order valence-electron chi connectivity index (χ2n) is 9.43. The average molecular weight is 598 g/mol. The first-order valence-corrected chi connectivity index (χ1v) is 15.0. The van der Waals surface area contributed by atoms with Gasteiger partial charge in [0.15, 0.2) is 5.00 Å². The van der Waals surface area contributed by atoms with Crippen molar-refractivity contribution in [1.29, 1.82) is 10.5 Å². The molecular formula is C32H32ClN7OS. The normalized spacial score (nSPS) is 11.1. The number of rotatable bonds is 14. The molecule has 0 saturated carbocycles. The lowest BCUT2D eigenvalue weighted by atomic mass is 10.1. The van der Waals surface area contributed by atoms with Crippen LogP contribution in [0.15, 0.2) is 64.5 Å². The number of nitriles is 2. The summed E-state index contributed by atoms with van der Waals surface area (Å²) in [5, 5.41) is 30.9. The molecule has 0 spiro atoms. The monoisotopic (exact) mass is 597 g/mol. The summed E-state index contributed by atoms with van der Waals surface area (Å²) in [4.78, 5) is 18.7. The van der Waals surface area contributed by atoms with Crippen LogP contribution in [0.4, 0.5) is 27.8 Å². The van der Waals surface area contributed by atoms with Crippen molar-refractivity contribution in [2.24, 2.45) is 10.2 Å². The minimum absolute atomic E-state index is 0.104. The van der Waals surface area contributed by atoms with Crippen molar-refractivity contribution < 1.29 is 4.79 Å². The van der Waals surface area contributed by atoms with E-state index in [0.29, 0.717) is 22.7 Å². The number of hydrogen-bond acceptors (Lipinski definition) is 7. The first-order chi connectivity index (χ1) is 20.4. The van der Waals surface area contributed by atoms with Gasteiger partial charge in [-0.15, -0.1) is 21.6 Å². The predicted octanol–water partition coefficient (Wildman–Crippen LogP) is 10.3. The summed E-state index contributed by atoms with van der Waals surface area (Å²) in [5.41, 5.74) is 2.83. The number of unbranched alkanes of at least 4 members (excludes halogenated alkanes) is 4. The van der Waals surface area contributed by atoms with Crippen molar-refractivity contribution in [2.45, 2.75) is 58.8 Å². The van der Waals surface area contributed by atoms with Crippen molar-refractivity contribution in [2.75, 3.05) is 16.8 Å². The molecule has 214 valence electrons. The average Bonchev–Trinajstić information content (AvgIpc) is 3.31. The summed E-state index contributed by atoms with van der Waals surface area (Å²) in [6, 6.07) is 19.5. The molecule has 42 heavy (non-hydrogen) atoms. The number of halogens is 1. The minimum Gasteiger partial charge on any atom is -0.341 e. The fourth-order valence-electron chi connectivity index (χ4n) is 4.13. The lowest BCUT2D eigenvalue weighted by Crippen LogP contribution is -2.19. The van der Waals surface area contributed by atoms with E-state index in [1.54, 1.807) is 12.1 Å². The molecule has 8 nitrogen and oxygen atoms in total. The molecule has 0 aliphatic heterocycles. The minimum atomic E-state index is -0.156. The van der Waals surface area contributed by atoms with Gasteiger partial charge in [-0.05, 0) is 49.2 Å². The number of anilines is 3. The standard InChI is InChI=1S/C32H32ClN7OS/c1-4-6-8-12-15-30(41)37-28-20-25(40(18-7-5-2)24-13-10-9-11-14-24)16-17-27(28)38-39-32-26(22-35)31(33)29(42-32)19-23(21-34)36-3/h9-11,13-14,16-17,19-20H,4-8,12,15,18H2,1-2H3,(H,37,41)/b23-19+,39-38?. The zero-order valence-electron chi connectivity index (χ0n) is 23.7. The van der Waals surface area contributed by atoms with Crippen LogP contribution in [0, 0.1) is 29.2 Å². The molecule has 1 N–H and O–H groups in total. The van der Waals surface area contributed by atoms with E-state index >= 15 is 0 Å². The Morgan fingerprint density at radius 2 is 1.83 bits per heavy atom. The van der Waals surface area contributed by atoms with Crippen LogP contribution in [-0.2, 0) is 4.79 Å². The largest absolute Gasteiger partial charge is 0.341 e. The van der Waals surface area contributed by atoms with Crippen LogP contribution in [0.2, 0.25) is 5.02 Å². The van der Waals surface area contributed by atoms with E-state index in [1.165, 1.54) is 6.08 Å². The third-order valence-corrected chi connectivity index (χ3v) is 7.87. The van der Waals surface area contributed by atoms with Crippen molar-refractivity contribution >= 4 is 62.7 Å². The molecule has 0 aliphatic carbocycles. The Kier molecular flexibility index (Phi) is 12.7. The highest BCUT2D eigenvalue weighted by Gasteiger charge is 2.17. The van der Waals surface area contributed by atoms with E-state index in [9.17, 15) is 10.1 Å². The number of carbonyl (C=O) groups excluding carboxylic acids is 1. The topological polar surface area (TPSA) is 109 Å². The highest BCUT2D eigenvalue weighted by molar-refractivity contribution is 7.17. The van der Waals surface area contributed by atoms with Gasteiger partial charge in [0.1, 0.15) is 17.3 Å². The molecule has 0 bridgehead atoms. The van der Waals surface area contributed by atoms with Crippen LogP contribution in [0.1, 0.15) is 69.2 Å². The van der Waals surface area contributed by atoms with Crippen molar-refractivity contribution in [3.63, 3.8) is 0 Å². The molecule has 0 saturated heterocycles. The number of benzene rings is 2. The Labute approximate surface area is 256 Å². The molecule has 0 aliphatic rings. The number of amides is 1. The maximum atomic E-state index is 12.9. The molecule has 10 heteroatoms. The zero-order chi connectivity index (χ0) is 30.3. The number of nitrogens with one attached hydrogen (secondary N) is 1. The second kappa shape index (κ2) is 16.7. The van der Waals surface area contributed by atoms with Gasteiger partial charge in [0.05, 0.1) is 23.4 Å². The molecule has 0 fully saturated rings. The van der Waals surface area contributed by atoms with Gasteiger partial charge >= 0.3 is 0 Å². The van der Waals surface area contributed by atoms with E-state index in [0.717, 1.165) is 67.8 Å². The van der Waals surface area contributed by atoms with Gasteiger partial charge in [-0.3, -0.25) is 4.79 Å². The maximum Gasteiger partial charge on any atom is 0.263 e. The van der Waals surface area contributed by atoms with E-state index in [-0.39, 0.29) is 27.2 Å². The number of thiophene rings is 1. The molecule has 0 unspecified atom stereocenters. The lowest BCUT2D eigenvalue weighted by molar-refractivity contribution is -0.116. The first-order valence-electron chi connectivity index (χ1n) is 13.9. The lowest BCUT2D eigenvalue weighted by Gasteiger charge is -2.26. The summed E-state index contributed by atoms with van der Waals surface area (Å²) in [5.74, 6) is -0.105. The molecule has 3 rings (SSSR count). The van der Waals surface area contributed by atoms with Crippen molar-refractivity contribution in [1.82, 2.24) is 0 Å². The predicted molar refractivity (Wildman–Crippen MR) is 171 cm³/mol. The third kappa shape index (κ3) is 8.75. The molecule has 0 atom stereocenters. The van der Waals surface area contributed by atoms with Crippen molar-refractivity contribution in [3.8, 4) is 12.1 Å². The zero-order valence-corrected chi connectivity index (χ0v) is 25.3. The Bertz CT molecular complexity index is 1540. The number of allylic oxidation sites excluding steroid dienone is 1. The number of nitrogens with zero attached hydrogens (tertiary/aromatic N) is 6. The van der Waals surface area contributed by atoms with Gasteiger partial charge in [-0.25, -0.2) is 10.1 Å². The van der Waals surface area contributed by atoms with Gasteiger partial charge in [-0.1, -0.05) is 69.3 Å². The third-order valence-electron chi connectivity index (χ3n) is 6.35. The molecule has 0 radical (unpaired) electrons. The summed E-state index contributed by atoms with van der Waals surface area (Å²) in [6.45, 7) is 12.2. The Balaban J connectivity index is 2.02. The molecule has 2 aromatic carbocycles. The summed E-state index contributed by atoms with van der Waals surface area (Å²) < 4.78 is 0. The highest BCUT2D eigenvalue weighted by atomic mass is 35.5. The van der Waals surface area contributed by atoms with Crippen LogP contribution in [0.3, 0.4) is 0 Å². The van der Waals surface area contributed by atoms with Crippen molar-refractivity contribution in [3.05, 3.63) is 81.1 Å². The quantitative estimate of drug-likeness (QED) is 0.0862. The number of para-hydroxylation sites is 1. The second-order valence-corrected chi connectivity index (χ2v) is 10.8. The number of azo groups is 1. The van der Waals surface area contributed by atoms with Gasteiger partial charge in [0, 0.05) is 29.2 Å². The van der Waals surface area contributed by atoms with E-state index in [4.69, 9.17) is 23.4 Å². The Morgan fingerprint density at radius 3 is 2.50 bits per heavy atom. The molecule has 1 heterocycles.